The van der Waals surface area contributed by atoms with Crippen molar-refractivity contribution in [3.05, 3.63) is 66.4 Å². The van der Waals surface area contributed by atoms with E-state index in [9.17, 15) is 4.79 Å². The van der Waals surface area contributed by atoms with Gasteiger partial charge in [-0.3, -0.25) is 0 Å². The molecule has 0 aromatic heterocycles. The summed E-state index contributed by atoms with van der Waals surface area (Å²) in [4.78, 5) is 12.5. The summed E-state index contributed by atoms with van der Waals surface area (Å²) in [6, 6.07) is 14.2. The number of hydrogen-bond acceptors (Lipinski definition) is 4. The van der Waals surface area contributed by atoms with E-state index in [-0.39, 0.29) is 6.10 Å². The molecular formula is C31H44O4. The van der Waals surface area contributed by atoms with Crippen LogP contribution in [0.25, 0.3) is 0 Å². The summed E-state index contributed by atoms with van der Waals surface area (Å²) in [6.07, 6.45) is 18.7. The first kappa shape index (κ1) is 28.5. The minimum atomic E-state index is -0.392. The lowest BCUT2D eigenvalue weighted by Gasteiger charge is -2.14. The van der Waals surface area contributed by atoms with Gasteiger partial charge >= 0.3 is 5.97 Å². The fourth-order valence-corrected chi connectivity index (χ4v) is 3.81. The molecule has 0 aliphatic rings. The van der Waals surface area contributed by atoms with Crippen LogP contribution in [0.2, 0.25) is 0 Å². The molecule has 2 aromatic carbocycles. The van der Waals surface area contributed by atoms with Crippen molar-refractivity contribution in [2.45, 2.75) is 104 Å². The zero-order valence-electron chi connectivity index (χ0n) is 22.0. The van der Waals surface area contributed by atoms with Crippen LogP contribution in [0.15, 0.2) is 60.9 Å². The quantitative estimate of drug-likeness (QED) is 0.0922. The highest BCUT2D eigenvalue weighted by molar-refractivity contribution is 5.91. The van der Waals surface area contributed by atoms with Crippen LogP contribution < -0.4 is 14.2 Å². The van der Waals surface area contributed by atoms with Crippen LogP contribution >= 0.6 is 0 Å². The Morgan fingerprint density at radius 1 is 0.743 bits per heavy atom. The third-order valence-corrected chi connectivity index (χ3v) is 5.95. The standard InChI is InChI=1S/C31H44O4/c1-4-6-8-10-11-12-13-15-25-33-28-21-23-30(24-22-28)35-31(32)27-17-19-29(20-18-27)34-26(3)16-14-9-7-5-2/h15,17-26H,4-14,16H2,1-3H3/b25-15+/t26-/m0/s1. The number of carbonyl (C=O) groups is 1. The molecule has 2 rings (SSSR count). The second kappa shape index (κ2) is 17.7. The summed E-state index contributed by atoms with van der Waals surface area (Å²) >= 11 is 0. The lowest BCUT2D eigenvalue weighted by molar-refractivity contribution is 0.0734. The summed E-state index contributed by atoms with van der Waals surface area (Å²) in [5, 5.41) is 0. The molecule has 0 aliphatic heterocycles. The van der Waals surface area contributed by atoms with Gasteiger partial charge in [0, 0.05) is 0 Å². The Bertz CT molecular complexity index is 839. The van der Waals surface area contributed by atoms with Gasteiger partial charge in [-0.1, -0.05) is 65.2 Å². The van der Waals surface area contributed by atoms with Crippen molar-refractivity contribution in [3.8, 4) is 17.2 Å². The molecule has 0 heterocycles. The third kappa shape index (κ3) is 12.5. The molecule has 0 spiro atoms. The van der Waals surface area contributed by atoms with Gasteiger partial charge in [-0.15, -0.1) is 0 Å². The number of unbranched alkanes of at least 4 members (excludes halogenated alkanes) is 9. The van der Waals surface area contributed by atoms with E-state index >= 15 is 0 Å². The van der Waals surface area contributed by atoms with E-state index in [4.69, 9.17) is 14.2 Å². The van der Waals surface area contributed by atoms with Gasteiger partial charge in [0.1, 0.15) is 17.2 Å². The molecule has 0 radical (unpaired) electrons. The van der Waals surface area contributed by atoms with Crippen LogP contribution in [-0.4, -0.2) is 12.1 Å². The Kier molecular flexibility index (Phi) is 14.4. The normalized spacial score (nSPS) is 12.0. The second-order valence-electron chi connectivity index (χ2n) is 9.21. The highest BCUT2D eigenvalue weighted by Crippen LogP contribution is 2.21. The van der Waals surface area contributed by atoms with Crippen LogP contribution in [0.1, 0.15) is 108 Å². The second-order valence-corrected chi connectivity index (χ2v) is 9.21. The van der Waals surface area contributed by atoms with Gasteiger partial charge in [0.15, 0.2) is 0 Å². The maximum absolute atomic E-state index is 12.5. The van der Waals surface area contributed by atoms with Crippen molar-refractivity contribution in [2.24, 2.45) is 0 Å². The average molecular weight is 481 g/mol. The fourth-order valence-electron chi connectivity index (χ4n) is 3.81. The van der Waals surface area contributed by atoms with Crippen molar-refractivity contribution in [1.29, 1.82) is 0 Å². The number of allylic oxidation sites excluding steroid dienone is 1. The van der Waals surface area contributed by atoms with Gasteiger partial charge in [-0.2, -0.15) is 0 Å². The number of esters is 1. The molecule has 0 fully saturated rings. The lowest BCUT2D eigenvalue weighted by atomic mass is 10.1. The maximum atomic E-state index is 12.5. The maximum Gasteiger partial charge on any atom is 0.343 e. The molecule has 0 saturated carbocycles. The Labute approximate surface area is 212 Å². The van der Waals surface area contributed by atoms with Crippen molar-refractivity contribution in [3.63, 3.8) is 0 Å². The molecule has 0 amide bonds. The first-order valence-corrected chi connectivity index (χ1v) is 13.5. The van der Waals surface area contributed by atoms with Crippen LogP contribution in [0.4, 0.5) is 0 Å². The Balaban J connectivity index is 1.70. The van der Waals surface area contributed by atoms with Crippen molar-refractivity contribution < 1.29 is 19.0 Å². The summed E-state index contributed by atoms with van der Waals surface area (Å²) in [5.74, 6) is 1.58. The number of hydrogen-bond donors (Lipinski definition) is 0. The molecule has 0 bridgehead atoms. The van der Waals surface area contributed by atoms with Crippen molar-refractivity contribution >= 4 is 5.97 Å². The molecule has 0 saturated heterocycles. The van der Waals surface area contributed by atoms with Gasteiger partial charge < -0.3 is 14.2 Å². The predicted octanol–water partition coefficient (Wildman–Crippen LogP) is 9.29. The minimum absolute atomic E-state index is 0.163. The molecular weight excluding hydrogens is 436 g/mol. The number of carbonyl (C=O) groups excluding carboxylic acids is 1. The largest absolute Gasteiger partial charge is 0.491 e. The fraction of sp³-hybridized carbons (Fsp3) is 0.516. The Morgan fingerprint density at radius 2 is 1.31 bits per heavy atom. The number of rotatable bonds is 18. The molecule has 4 nitrogen and oxygen atoms in total. The van der Waals surface area contributed by atoms with E-state index in [2.05, 4.69) is 26.8 Å². The number of ether oxygens (including phenoxy) is 3. The van der Waals surface area contributed by atoms with Gasteiger partial charge in [-0.05, 0) is 87.2 Å². The van der Waals surface area contributed by atoms with Crippen LogP contribution in [0.3, 0.4) is 0 Å². The van der Waals surface area contributed by atoms with Crippen LogP contribution in [-0.2, 0) is 0 Å². The zero-order chi connectivity index (χ0) is 25.1. The molecule has 4 heteroatoms. The van der Waals surface area contributed by atoms with E-state index in [0.29, 0.717) is 17.1 Å². The third-order valence-electron chi connectivity index (χ3n) is 5.95. The van der Waals surface area contributed by atoms with E-state index in [0.717, 1.165) is 18.6 Å². The summed E-state index contributed by atoms with van der Waals surface area (Å²) in [5.41, 5.74) is 0.492. The Hall–Kier alpha value is -2.75. The first-order valence-electron chi connectivity index (χ1n) is 13.5. The average Bonchev–Trinajstić information content (AvgIpc) is 2.87. The number of benzene rings is 2. The smallest absolute Gasteiger partial charge is 0.343 e. The highest BCUT2D eigenvalue weighted by atomic mass is 16.5. The van der Waals surface area contributed by atoms with E-state index < -0.39 is 5.97 Å². The van der Waals surface area contributed by atoms with E-state index in [1.165, 1.54) is 64.2 Å². The van der Waals surface area contributed by atoms with E-state index in [1.54, 1.807) is 42.7 Å². The first-order chi connectivity index (χ1) is 17.1. The van der Waals surface area contributed by atoms with Crippen molar-refractivity contribution in [1.82, 2.24) is 0 Å². The van der Waals surface area contributed by atoms with E-state index in [1.807, 2.05) is 12.1 Å². The van der Waals surface area contributed by atoms with Gasteiger partial charge in [0.2, 0.25) is 0 Å². The van der Waals surface area contributed by atoms with Crippen LogP contribution in [0, 0.1) is 0 Å². The van der Waals surface area contributed by atoms with Gasteiger partial charge in [-0.25, -0.2) is 4.79 Å². The highest BCUT2D eigenvalue weighted by Gasteiger charge is 2.10. The SMILES string of the molecule is CCCCCCCC/C=C/Oc1ccc(OC(=O)c2ccc(O[C@@H](C)CCCCCC)cc2)cc1. The Morgan fingerprint density at radius 3 is 2.00 bits per heavy atom. The molecule has 0 N–H and O–H groups in total. The van der Waals surface area contributed by atoms with Crippen molar-refractivity contribution in [2.75, 3.05) is 0 Å². The molecule has 192 valence electrons. The molecule has 0 unspecified atom stereocenters. The summed E-state index contributed by atoms with van der Waals surface area (Å²) < 4.78 is 17.1. The lowest BCUT2D eigenvalue weighted by Crippen LogP contribution is -2.12. The zero-order valence-corrected chi connectivity index (χ0v) is 22.0. The predicted molar refractivity (Wildman–Crippen MR) is 144 cm³/mol. The molecule has 1 atom stereocenters. The monoisotopic (exact) mass is 480 g/mol. The van der Waals surface area contributed by atoms with Gasteiger partial charge in [0.05, 0.1) is 17.9 Å². The topological polar surface area (TPSA) is 44.8 Å². The minimum Gasteiger partial charge on any atom is -0.491 e. The molecule has 2 aromatic rings. The molecule has 35 heavy (non-hydrogen) atoms. The summed E-state index contributed by atoms with van der Waals surface area (Å²) in [6.45, 7) is 6.54. The van der Waals surface area contributed by atoms with Gasteiger partial charge in [0.25, 0.3) is 0 Å². The van der Waals surface area contributed by atoms with Crippen LogP contribution in [0.5, 0.6) is 17.2 Å². The summed E-state index contributed by atoms with van der Waals surface area (Å²) in [7, 11) is 0. The molecule has 0 aliphatic carbocycles.